The van der Waals surface area contributed by atoms with Gasteiger partial charge in [0, 0.05) is 0 Å². The van der Waals surface area contributed by atoms with Gasteiger partial charge in [-0.3, -0.25) is 0 Å². The zero-order valence-corrected chi connectivity index (χ0v) is 8.75. The second-order valence-corrected chi connectivity index (χ2v) is 4.19. The first-order chi connectivity index (χ1) is 4.66. The van der Waals surface area contributed by atoms with Crippen LogP contribution in [-0.4, -0.2) is 12.2 Å². The maximum Gasteiger partial charge on any atom is 0.192 e. The molecule has 0 spiro atoms. The number of thiophene rings is 1. The van der Waals surface area contributed by atoms with Crippen molar-refractivity contribution >= 4 is 45.5 Å². The van der Waals surface area contributed by atoms with Crippen LogP contribution in [0.3, 0.4) is 0 Å². The molecule has 0 aliphatic rings. The van der Waals surface area contributed by atoms with E-state index >= 15 is 0 Å². The first-order valence-electron chi connectivity index (χ1n) is 2.37. The lowest BCUT2D eigenvalue weighted by atomic mass is 10.6. The molecule has 1 rings (SSSR count). The number of rotatable bonds is 1. The Kier molecular flexibility index (Phi) is 2.65. The van der Waals surface area contributed by atoms with Crippen LogP contribution < -0.4 is 4.74 Å². The van der Waals surface area contributed by atoms with Crippen molar-refractivity contribution in [2.24, 2.45) is 0 Å². The number of ether oxygens (including phenoxy) is 1. The third kappa shape index (κ3) is 1.33. The minimum Gasteiger partial charge on any atom is -0.504 e. The van der Waals surface area contributed by atoms with Crippen LogP contribution in [0.15, 0.2) is 0 Å². The summed E-state index contributed by atoms with van der Waals surface area (Å²) in [5.41, 5.74) is 0. The molecule has 0 saturated heterocycles. The first kappa shape index (κ1) is 8.42. The molecule has 0 radical (unpaired) electrons. The van der Waals surface area contributed by atoms with Crippen LogP contribution in [0, 0.1) is 3.57 Å². The summed E-state index contributed by atoms with van der Waals surface area (Å²) in [5.74, 6) is 0.115. The lowest BCUT2D eigenvalue weighted by molar-refractivity contribution is 0.417. The topological polar surface area (TPSA) is 29.5 Å². The van der Waals surface area contributed by atoms with Gasteiger partial charge < -0.3 is 9.84 Å². The summed E-state index contributed by atoms with van der Waals surface area (Å²) < 4.78 is 5.97. The van der Waals surface area contributed by atoms with E-state index < -0.39 is 0 Å². The van der Waals surface area contributed by atoms with Gasteiger partial charge in [0.15, 0.2) is 10.8 Å². The molecule has 1 aromatic heterocycles. The molecule has 0 atom stereocenters. The Bertz CT molecular complexity index is 248. The molecule has 0 unspecified atom stereocenters. The predicted molar refractivity (Wildman–Crippen MR) is 50.3 cm³/mol. The molecule has 5 heteroatoms. The number of methoxy groups -OCH3 is 1. The van der Waals surface area contributed by atoms with Crippen LogP contribution in [0.25, 0.3) is 0 Å². The van der Waals surface area contributed by atoms with Crippen molar-refractivity contribution < 1.29 is 9.84 Å². The molecule has 0 bridgehead atoms. The number of hydrogen-bond acceptors (Lipinski definition) is 3. The highest BCUT2D eigenvalue weighted by molar-refractivity contribution is 14.1. The van der Waals surface area contributed by atoms with Gasteiger partial charge in [-0.25, -0.2) is 0 Å². The van der Waals surface area contributed by atoms with Crippen LogP contribution in [-0.2, 0) is 0 Å². The molecule has 0 fully saturated rings. The maximum atomic E-state index is 9.15. The fraction of sp³-hybridized carbons (Fsp3) is 0.200. The second kappa shape index (κ2) is 3.15. The summed E-state index contributed by atoms with van der Waals surface area (Å²) in [6, 6.07) is 0. The lowest BCUT2D eigenvalue weighted by Gasteiger charge is -1.91. The summed E-state index contributed by atoms with van der Waals surface area (Å²) in [6.45, 7) is 0. The Morgan fingerprint density at radius 1 is 1.70 bits per heavy atom. The summed E-state index contributed by atoms with van der Waals surface area (Å²) in [5, 5.41) is 9.80. The molecule has 0 aromatic carbocycles. The first-order valence-corrected chi connectivity index (χ1v) is 4.65. The van der Waals surface area contributed by atoms with E-state index in [0.717, 1.165) is 0 Å². The van der Waals surface area contributed by atoms with Gasteiger partial charge in [0.25, 0.3) is 0 Å². The monoisotopic (exact) mass is 290 g/mol. The van der Waals surface area contributed by atoms with Crippen molar-refractivity contribution in [2.45, 2.75) is 0 Å². The van der Waals surface area contributed by atoms with Crippen LogP contribution in [0.1, 0.15) is 0 Å². The van der Waals surface area contributed by atoms with Gasteiger partial charge in [-0.05, 0) is 22.6 Å². The van der Waals surface area contributed by atoms with Crippen molar-refractivity contribution in [2.75, 3.05) is 7.11 Å². The molecular formula is C5H4ClIO2S. The zero-order valence-electron chi connectivity index (χ0n) is 5.02. The summed E-state index contributed by atoms with van der Waals surface area (Å²) in [7, 11) is 1.55. The average Bonchev–Trinajstić information content (AvgIpc) is 2.17. The summed E-state index contributed by atoms with van der Waals surface area (Å²) >= 11 is 8.80. The molecule has 1 heterocycles. The molecule has 10 heavy (non-hydrogen) atoms. The number of hydrogen-bond donors (Lipinski definition) is 1. The Labute approximate surface area is 80.9 Å². The van der Waals surface area contributed by atoms with E-state index in [-0.39, 0.29) is 5.75 Å². The van der Waals surface area contributed by atoms with Gasteiger partial charge in [0.1, 0.15) is 7.91 Å². The van der Waals surface area contributed by atoms with E-state index in [2.05, 4.69) is 0 Å². The molecular weight excluding hydrogens is 286 g/mol. The third-order valence-electron chi connectivity index (χ3n) is 0.941. The molecule has 56 valence electrons. The fourth-order valence-electron chi connectivity index (χ4n) is 0.489. The van der Waals surface area contributed by atoms with Crippen LogP contribution in [0.4, 0.5) is 0 Å². The third-order valence-corrected chi connectivity index (χ3v) is 3.65. The van der Waals surface area contributed by atoms with Gasteiger partial charge in [0.2, 0.25) is 0 Å². The Morgan fingerprint density at radius 2 is 2.30 bits per heavy atom. The quantitative estimate of drug-likeness (QED) is 0.806. The minimum absolute atomic E-state index is 0.115. The normalized spacial score (nSPS) is 9.90. The predicted octanol–water partition coefficient (Wildman–Crippen LogP) is 2.72. The van der Waals surface area contributed by atoms with E-state index in [9.17, 15) is 0 Å². The van der Waals surface area contributed by atoms with Gasteiger partial charge in [-0.15, -0.1) is 0 Å². The average molecular weight is 291 g/mol. The highest BCUT2D eigenvalue weighted by atomic mass is 127. The molecule has 0 aliphatic carbocycles. The second-order valence-electron chi connectivity index (χ2n) is 1.53. The van der Waals surface area contributed by atoms with E-state index in [1.807, 2.05) is 22.6 Å². The van der Waals surface area contributed by atoms with E-state index in [0.29, 0.717) is 13.0 Å². The van der Waals surface area contributed by atoms with Gasteiger partial charge in [0.05, 0.1) is 7.11 Å². The smallest absolute Gasteiger partial charge is 0.192 e. The summed E-state index contributed by atoms with van der Waals surface area (Å²) in [4.78, 5) is 0. The van der Waals surface area contributed by atoms with Crippen molar-refractivity contribution in [1.82, 2.24) is 0 Å². The molecule has 1 N–H and O–H groups in total. The number of aromatic hydroxyl groups is 1. The largest absolute Gasteiger partial charge is 0.504 e. The number of halogens is 2. The van der Waals surface area contributed by atoms with Crippen molar-refractivity contribution in [1.29, 1.82) is 0 Å². The van der Waals surface area contributed by atoms with Gasteiger partial charge in [-0.1, -0.05) is 22.9 Å². The minimum atomic E-state index is 0.115. The molecule has 2 nitrogen and oxygen atoms in total. The van der Waals surface area contributed by atoms with Crippen molar-refractivity contribution in [3.8, 4) is 10.8 Å². The van der Waals surface area contributed by atoms with Gasteiger partial charge in [-0.2, -0.15) is 0 Å². The van der Waals surface area contributed by atoms with E-state index in [1.165, 1.54) is 11.3 Å². The Balaban J connectivity index is 3.17. The van der Waals surface area contributed by atoms with E-state index in [4.69, 9.17) is 21.4 Å². The molecule has 0 aliphatic heterocycles. The van der Waals surface area contributed by atoms with Gasteiger partial charge >= 0.3 is 0 Å². The maximum absolute atomic E-state index is 9.15. The highest BCUT2D eigenvalue weighted by Gasteiger charge is 2.13. The van der Waals surface area contributed by atoms with Crippen LogP contribution in [0.5, 0.6) is 10.8 Å². The Morgan fingerprint density at radius 3 is 2.50 bits per heavy atom. The molecule has 1 aromatic rings. The van der Waals surface area contributed by atoms with Crippen molar-refractivity contribution in [3.05, 3.63) is 7.91 Å². The standard InChI is InChI=1S/C5H4ClIO2S/c1-9-5-2(7)3(8)4(6)10-5/h8H,1H3. The Hall–Kier alpha value is 0.320. The van der Waals surface area contributed by atoms with Crippen LogP contribution in [0.2, 0.25) is 4.34 Å². The zero-order chi connectivity index (χ0) is 7.72. The van der Waals surface area contributed by atoms with Crippen LogP contribution >= 0.6 is 45.5 Å². The fourth-order valence-corrected chi connectivity index (χ4v) is 2.59. The van der Waals surface area contributed by atoms with E-state index in [1.54, 1.807) is 7.11 Å². The SMILES string of the molecule is COc1sc(Cl)c(O)c1I. The van der Waals surface area contributed by atoms with Crippen molar-refractivity contribution in [3.63, 3.8) is 0 Å². The summed E-state index contributed by atoms with van der Waals surface area (Å²) in [6.07, 6.45) is 0. The molecule has 0 saturated carbocycles. The lowest BCUT2D eigenvalue weighted by Crippen LogP contribution is -1.78. The molecule has 0 amide bonds. The highest BCUT2D eigenvalue weighted by Crippen LogP contribution is 2.43.